The summed E-state index contributed by atoms with van der Waals surface area (Å²) in [5, 5.41) is 19.2. The molecule has 1 aliphatic heterocycles. The number of alkyl halides is 2. The molecule has 1 atom stereocenters. The Hall–Kier alpha value is -3.11. The van der Waals surface area contributed by atoms with E-state index in [1.54, 1.807) is 21.5 Å². The smallest absolute Gasteiger partial charge is 0.252 e. The number of nitrogens with one attached hydrogen (secondary N) is 1. The number of anilines is 1. The Kier molecular flexibility index (Phi) is 3.39. The molecule has 5 rings (SSSR count). The maximum Gasteiger partial charge on any atom is 0.252 e. The van der Waals surface area contributed by atoms with E-state index in [2.05, 4.69) is 25.7 Å². The van der Waals surface area contributed by atoms with Gasteiger partial charge in [-0.2, -0.15) is 9.61 Å². The summed E-state index contributed by atoms with van der Waals surface area (Å²) in [5.74, 6) is -2.32. The Morgan fingerprint density at radius 3 is 2.93 bits per heavy atom. The topological polar surface area (TPSA) is 93.2 Å². The van der Waals surface area contributed by atoms with Crippen molar-refractivity contribution in [2.45, 2.75) is 37.4 Å². The van der Waals surface area contributed by atoms with Crippen molar-refractivity contribution >= 4 is 17.4 Å². The average Bonchev–Trinajstić information content (AvgIpc) is 3.27. The fourth-order valence-electron chi connectivity index (χ4n) is 3.61. The predicted molar refractivity (Wildman–Crippen MR) is 89.2 cm³/mol. The van der Waals surface area contributed by atoms with Gasteiger partial charge in [-0.25, -0.2) is 8.78 Å². The lowest BCUT2D eigenvalue weighted by Gasteiger charge is -2.38. The lowest BCUT2D eigenvalue weighted by molar-refractivity contribution is -0.132. The van der Waals surface area contributed by atoms with E-state index in [-0.39, 0.29) is 18.7 Å². The first-order valence-corrected chi connectivity index (χ1v) is 8.61. The van der Waals surface area contributed by atoms with E-state index in [0.717, 1.165) is 5.69 Å². The maximum atomic E-state index is 13.1. The number of amides is 1. The number of hydrogen-bond acceptors (Lipinski definition) is 6. The van der Waals surface area contributed by atoms with Crippen molar-refractivity contribution in [3.05, 3.63) is 36.4 Å². The van der Waals surface area contributed by atoms with Gasteiger partial charge in [0, 0.05) is 25.1 Å². The van der Waals surface area contributed by atoms with Crippen LogP contribution in [0.2, 0.25) is 0 Å². The normalized spacial score (nSPS) is 21.7. The summed E-state index contributed by atoms with van der Waals surface area (Å²) in [7, 11) is 0. The second-order valence-corrected chi connectivity index (χ2v) is 6.96. The van der Waals surface area contributed by atoms with Crippen LogP contribution < -0.4 is 10.2 Å². The quantitative estimate of drug-likeness (QED) is 0.729. The van der Waals surface area contributed by atoms with Crippen molar-refractivity contribution in [3.8, 4) is 0 Å². The Morgan fingerprint density at radius 2 is 2.11 bits per heavy atom. The zero-order chi connectivity index (χ0) is 18.6. The van der Waals surface area contributed by atoms with Gasteiger partial charge in [-0.1, -0.05) is 0 Å². The minimum atomic E-state index is -2.68. The van der Waals surface area contributed by atoms with E-state index >= 15 is 0 Å². The fraction of sp³-hybridized carbons (Fsp3) is 0.438. The SMILES string of the molecule is O=C(NC1CC(F)(F)C1)[C@@H]1CN(c2ccc3nncn3n2)Cc2ccnn21. The van der Waals surface area contributed by atoms with Crippen molar-refractivity contribution in [2.75, 3.05) is 11.4 Å². The minimum Gasteiger partial charge on any atom is -0.351 e. The molecule has 1 N–H and O–H groups in total. The highest BCUT2D eigenvalue weighted by atomic mass is 19.3. The van der Waals surface area contributed by atoms with Gasteiger partial charge >= 0.3 is 0 Å². The number of rotatable bonds is 3. The molecular weight excluding hydrogens is 358 g/mol. The molecule has 11 heteroatoms. The molecular formula is C16H16F2N8O. The van der Waals surface area contributed by atoms with Crippen molar-refractivity contribution in [2.24, 2.45) is 0 Å². The Balaban J connectivity index is 1.39. The van der Waals surface area contributed by atoms with Crippen LogP contribution in [0.25, 0.3) is 5.65 Å². The number of fused-ring (bicyclic) bond motifs is 2. The summed E-state index contributed by atoms with van der Waals surface area (Å²) in [4.78, 5) is 14.7. The third-order valence-electron chi connectivity index (χ3n) is 5.00. The lowest BCUT2D eigenvalue weighted by Crippen LogP contribution is -2.54. The fourth-order valence-corrected chi connectivity index (χ4v) is 3.61. The van der Waals surface area contributed by atoms with Crippen LogP contribution >= 0.6 is 0 Å². The van der Waals surface area contributed by atoms with E-state index in [1.807, 2.05) is 17.0 Å². The van der Waals surface area contributed by atoms with E-state index in [1.165, 1.54) is 6.33 Å². The molecule has 4 heterocycles. The van der Waals surface area contributed by atoms with Gasteiger partial charge in [-0.05, 0) is 18.2 Å². The molecule has 3 aromatic heterocycles. The molecule has 1 fully saturated rings. The van der Waals surface area contributed by atoms with Crippen LogP contribution in [0.1, 0.15) is 24.6 Å². The molecule has 1 aliphatic carbocycles. The third kappa shape index (κ3) is 2.78. The molecule has 27 heavy (non-hydrogen) atoms. The molecule has 9 nitrogen and oxygen atoms in total. The van der Waals surface area contributed by atoms with Crippen LogP contribution in [0.5, 0.6) is 0 Å². The molecule has 0 radical (unpaired) electrons. The van der Waals surface area contributed by atoms with Gasteiger partial charge < -0.3 is 10.2 Å². The zero-order valence-corrected chi connectivity index (χ0v) is 14.2. The number of nitrogens with zero attached hydrogens (tertiary/aromatic N) is 7. The molecule has 0 saturated heterocycles. The van der Waals surface area contributed by atoms with Gasteiger partial charge in [0.15, 0.2) is 5.65 Å². The van der Waals surface area contributed by atoms with E-state index in [4.69, 9.17) is 0 Å². The highest BCUT2D eigenvalue weighted by Crippen LogP contribution is 2.37. The molecule has 140 valence electrons. The van der Waals surface area contributed by atoms with Crippen molar-refractivity contribution < 1.29 is 13.6 Å². The van der Waals surface area contributed by atoms with Crippen LogP contribution in [0, 0.1) is 0 Å². The summed E-state index contributed by atoms with van der Waals surface area (Å²) in [6.45, 7) is 0.871. The van der Waals surface area contributed by atoms with Gasteiger partial charge in [0.2, 0.25) is 5.91 Å². The van der Waals surface area contributed by atoms with Gasteiger partial charge in [0.1, 0.15) is 18.2 Å². The Labute approximate surface area is 152 Å². The van der Waals surface area contributed by atoms with Crippen molar-refractivity contribution in [1.29, 1.82) is 0 Å². The first kappa shape index (κ1) is 16.1. The van der Waals surface area contributed by atoms with Crippen LogP contribution in [-0.2, 0) is 11.3 Å². The number of hydrogen-bond donors (Lipinski definition) is 1. The van der Waals surface area contributed by atoms with Gasteiger partial charge in [0.05, 0.1) is 18.8 Å². The number of carbonyl (C=O) groups is 1. The summed E-state index contributed by atoms with van der Waals surface area (Å²) in [6.07, 6.45) is 2.51. The molecule has 1 saturated carbocycles. The summed E-state index contributed by atoms with van der Waals surface area (Å²) >= 11 is 0. The molecule has 0 bridgehead atoms. The lowest BCUT2D eigenvalue weighted by atomic mass is 9.88. The molecule has 3 aromatic rings. The number of halogens is 2. The molecule has 1 amide bonds. The maximum absolute atomic E-state index is 13.1. The van der Waals surface area contributed by atoms with Crippen LogP contribution in [0.4, 0.5) is 14.6 Å². The third-order valence-corrected chi connectivity index (χ3v) is 5.00. The second-order valence-electron chi connectivity index (χ2n) is 6.96. The summed E-state index contributed by atoms with van der Waals surface area (Å²) in [6, 6.07) is 4.34. The monoisotopic (exact) mass is 374 g/mol. The average molecular weight is 374 g/mol. The highest BCUT2D eigenvalue weighted by Gasteiger charge is 2.46. The van der Waals surface area contributed by atoms with Gasteiger partial charge in [0.25, 0.3) is 5.92 Å². The molecule has 0 unspecified atom stereocenters. The second kappa shape index (κ2) is 5.69. The summed E-state index contributed by atoms with van der Waals surface area (Å²) in [5.41, 5.74) is 1.48. The van der Waals surface area contributed by atoms with Crippen molar-refractivity contribution in [1.82, 2.24) is 34.9 Å². The standard InChI is InChI=1S/C16H16F2N8O/c17-16(18)5-10(6-16)21-15(27)12-8-24(7-11-3-4-20-26(11)12)14-2-1-13-22-19-9-25(13)23-14/h1-4,9-10,12H,5-8H2,(H,21,27)/t12-/m0/s1. The molecule has 2 aliphatic rings. The number of aromatic nitrogens is 6. The zero-order valence-electron chi connectivity index (χ0n) is 14.2. The molecule has 0 aromatic carbocycles. The highest BCUT2D eigenvalue weighted by molar-refractivity contribution is 5.81. The largest absolute Gasteiger partial charge is 0.351 e. The van der Waals surface area contributed by atoms with E-state index in [0.29, 0.717) is 24.6 Å². The van der Waals surface area contributed by atoms with Crippen LogP contribution in [-0.4, -0.2) is 54.0 Å². The van der Waals surface area contributed by atoms with E-state index < -0.39 is 18.0 Å². The summed E-state index contributed by atoms with van der Waals surface area (Å²) < 4.78 is 29.3. The predicted octanol–water partition coefficient (Wildman–Crippen LogP) is 0.796. The first-order chi connectivity index (χ1) is 13.0. The van der Waals surface area contributed by atoms with E-state index in [9.17, 15) is 13.6 Å². The number of carbonyl (C=O) groups excluding carboxylic acids is 1. The molecule has 0 spiro atoms. The Morgan fingerprint density at radius 1 is 1.26 bits per heavy atom. The minimum absolute atomic E-state index is 0.310. The first-order valence-electron chi connectivity index (χ1n) is 8.61. The van der Waals surface area contributed by atoms with Crippen LogP contribution in [0.3, 0.4) is 0 Å². The van der Waals surface area contributed by atoms with Crippen LogP contribution in [0.15, 0.2) is 30.7 Å². The van der Waals surface area contributed by atoms with Crippen molar-refractivity contribution in [3.63, 3.8) is 0 Å². The Bertz CT molecular complexity index is 1010. The van der Waals surface area contributed by atoms with Gasteiger partial charge in [-0.15, -0.1) is 15.3 Å². The van der Waals surface area contributed by atoms with Gasteiger partial charge in [-0.3, -0.25) is 9.48 Å².